The zero-order valence-electron chi connectivity index (χ0n) is 13.0. The van der Waals surface area contributed by atoms with Crippen LogP contribution in [-0.4, -0.2) is 10.7 Å². The molecule has 0 bridgehead atoms. The molecule has 2 nitrogen and oxygen atoms in total. The monoisotopic (exact) mass is 263 g/mol. The highest BCUT2D eigenvalue weighted by molar-refractivity contribution is 5.15. The van der Waals surface area contributed by atoms with Crippen molar-refractivity contribution in [2.45, 2.75) is 78.2 Å². The van der Waals surface area contributed by atoms with Crippen molar-refractivity contribution < 1.29 is 5.11 Å². The van der Waals surface area contributed by atoms with E-state index in [0.29, 0.717) is 17.3 Å². The number of hydrogen-bond donors (Lipinski definition) is 1. The fourth-order valence-corrected chi connectivity index (χ4v) is 4.52. The number of aliphatic hydroxyl groups is 1. The van der Waals surface area contributed by atoms with Crippen LogP contribution in [0.3, 0.4) is 0 Å². The van der Waals surface area contributed by atoms with E-state index in [1.165, 1.54) is 6.42 Å². The largest absolute Gasteiger partial charge is 0.388 e. The van der Waals surface area contributed by atoms with Gasteiger partial charge in [-0.25, -0.2) is 0 Å². The maximum absolute atomic E-state index is 11.2. The second kappa shape index (κ2) is 4.77. The van der Waals surface area contributed by atoms with Crippen molar-refractivity contribution in [3.05, 3.63) is 0 Å². The molecule has 0 aliphatic heterocycles. The van der Waals surface area contributed by atoms with Crippen LogP contribution in [0.2, 0.25) is 0 Å². The Hall–Kier alpha value is -0.550. The number of nitrogens with zero attached hydrogens (tertiary/aromatic N) is 1. The first kappa shape index (κ1) is 14.9. The lowest BCUT2D eigenvalue weighted by atomic mass is 9.54. The summed E-state index contributed by atoms with van der Waals surface area (Å²) in [6, 6.07) is 2.56. The molecule has 2 fully saturated rings. The Morgan fingerprint density at radius 3 is 1.89 bits per heavy atom. The van der Waals surface area contributed by atoms with Crippen molar-refractivity contribution in [1.29, 1.82) is 5.26 Å². The topological polar surface area (TPSA) is 44.0 Å². The van der Waals surface area contributed by atoms with Gasteiger partial charge >= 0.3 is 0 Å². The fraction of sp³-hybridized carbons (Fsp3) is 0.941. The van der Waals surface area contributed by atoms with Crippen molar-refractivity contribution in [3.63, 3.8) is 0 Å². The molecule has 108 valence electrons. The number of nitriles is 1. The molecule has 2 heteroatoms. The molecule has 0 aromatic carbocycles. The summed E-state index contributed by atoms with van der Waals surface area (Å²) in [5.41, 5.74) is -0.913. The second-order valence-electron chi connectivity index (χ2n) is 8.24. The maximum atomic E-state index is 11.2. The lowest BCUT2D eigenvalue weighted by Gasteiger charge is -2.52. The van der Waals surface area contributed by atoms with Crippen LogP contribution < -0.4 is 0 Å². The van der Waals surface area contributed by atoms with Gasteiger partial charge in [0.1, 0.15) is 0 Å². The third kappa shape index (κ3) is 2.68. The number of hydrogen-bond acceptors (Lipinski definition) is 2. The molecule has 2 saturated carbocycles. The van der Waals surface area contributed by atoms with Crippen LogP contribution in [0.25, 0.3) is 0 Å². The number of rotatable bonds is 1. The van der Waals surface area contributed by atoms with E-state index < -0.39 is 11.0 Å². The van der Waals surface area contributed by atoms with E-state index in [4.69, 9.17) is 0 Å². The summed E-state index contributed by atoms with van der Waals surface area (Å²) in [5.74, 6) is 1.07. The second-order valence-corrected chi connectivity index (χ2v) is 8.24. The van der Waals surface area contributed by atoms with Gasteiger partial charge in [0, 0.05) is 0 Å². The van der Waals surface area contributed by atoms with E-state index in [1.54, 1.807) is 0 Å². The predicted molar refractivity (Wildman–Crippen MR) is 77.4 cm³/mol. The molecule has 0 aromatic rings. The summed E-state index contributed by atoms with van der Waals surface area (Å²) in [7, 11) is 0. The van der Waals surface area contributed by atoms with Crippen molar-refractivity contribution in [2.24, 2.45) is 22.7 Å². The molecule has 1 N–H and O–H groups in total. The lowest BCUT2D eigenvalue weighted by Crippen LogP contribution is -2.54. The van der Waals surface area contributed by atoms with E-state index in [2.05, 4.69) is 33.8 Å². The Balaban J connectivity index is 2.24. The highest BCUT2D eigenvalue weighted by Gasteiger charge is 2.55. The molecular formula is C17H29NO. The van der Waals surface area contributed by atoms with Gasteiger partial charge in [0.05, 0.1) is 17.1 Å². The van der Waals surface area contributed by atoms with Crippen LogP contribution in [0, 0.1) is 34.0 Å². The molecule has 19 heavy (non-hydrogen) atoms. The van der Waals surface area contributed by atoms with Crippen LogP contribution in [-0.2, 0) is 0 Å². The van der Waals surface area contributed by atoms with Crippen molar-refractivity contribution in [3.8, 4) is 6.07 Å². The third-order valence-corrected chi connectivity index (χ3v) is 5.74. The Bertz CT molecular complexity index is 359. The smallest absolute Gasteiger partial charge is 0.0860 e. The third-order valence-electron chi connectivity index (χ3n) is 5.74. The van der Waals surface area contributed by atoms with Crippen LogP contribution in [0.15, 0.2) is 0 Å². The van der Waals surface area contributed by atoms with E-state index in [-0.39, 0.29) is 0 Å². The maximum Gasteiger partial charge on any atom is 0.0860 e. The van der Waals surface area contributed by atoms with E-state index in [9.17, 15) is 10.4 Å². The standard InChI is InChI=1S/C17H29NO/c1-13-9-14(2)11-17(19,10-13)16(12-18)7-5-15(3,4)6-8-16/h13-14,19H,5-11H2,1-4H3. The highest BCUT2D eigenvalue weighted by atomic mass is 16.3. The van der Waals surface area contributed by atoms with E-state index in [1.807, 2.05) is 0 Å². The van der Waals surface area contributed by atoms with Crippen LogP contribution in [0.5, 0.6) is 0 Å². The molecule has 0 heterocycles. The van der Waals surface area contributed by atoms with Crippen molar-refractivity contribution in [1.82, 2.24) is 0 Å². The fourth-order valence-electron chi connectivity index (χ4n) is 4.52. The first-order chi connectivity index (χ1) is 8.72. The molecule has 2 aliphatic carbocycles. The molecule has 2 atom stereocenters. The van der Waals surface area contributed by atoms with Crippen molar-refractivity contribution in [2.75, 3.05) is 0 Å². The summed E-state index contributed by atoms with van der Waals surface area (Å²) in [6.07, 6.45) is 6.67. The van der Waals surface area contributed by atoms with Crippen LogP contribution >= 0.6 is 0 Å². The zero-order chi connectivity index (χ0) is 14.3. The molecule has 0 spiro atoms. The Labute approximate surface area is 118 Å². The molecule has 2 unspecified atom stereocenters. The summed E-state index contributed by atoms with van der Waals surface area (Å²) in [4.78, 5) is 0. The first-order valence-corrected chi connectivity index (χ1v) is 7.86. The van der Waals surface area contributed by atoms with Gasteiger partial charge in [-0.3, -0.25) is 0 Å². The summed E-state index contributed by atoms with van der Waals surface area (Å²) in [5, 5.41) is 21.0. The highest BCUT2D eigenvalue weighted by Crippen LogP contribution is 2.55. The van der Waals surface area contributed by atoms with Gasteiger partial charge in [0.2, 0.25) is 0 Å². The van der Waals surface area contributed by atoms with E-state index >= 15 is 0 Å². The minimum Gasteiger partial charge on any atom is -0.388 e. The molecule has 0 saturated heterocycles. The minimum absolute atomic E-state index is 0.336. The molecule has 0 amide bonds. The van der Waals surface area contributed by atoms with Crippen LogP contribution in [0.4, 0.5) is 0 Å². The Morgan fingerprint density at radius 1 is 1.00 bits per heavy atom. The first-order valence-electron chi connectivity index (χ1n) is 7.86. The van der Waals surface area contributed by atoms with Gasteiger partial charge in [-0.2, -0.15) is 5.26 Å². The van der Waals surface area contributed by atoms with Gasteiger partial charge in [-0.15, -0.1) is 0 Å². The van der Waals surface area contributed by atoms with Gasteiger partial charge in [0.15, 0.2) is 0 Å². The Kier molecular flexibility index (Phi) is 3.73. The SMILES string of the molecule is CC1CC(C)CC(O)(C2(C#N)CCC(C)(C)CC2)C1. The molecular weight excluding hydrogens is 234 g/mol. The summed E-state index contributed by atoms with van der Waals surface area (Å²) in [6.45, 7) is 9.01. The zero-order valence-corrected chi connectivity index (χ0v) is 13.0. The summed E-state index contributed by atoms with van der Waals surface area (Å²) < 4.78 is 0. The van der Waals surface area contributed by atoms with Gasteiger partial charge < -0.3 is 5.11 Å². The predicted octanol–water partition coefficient (Wildman–Crippen LogP) is 4.28. The molecule has 2 aliphatic rings. The molecule has 0 aromatic heterocycles. The van der Waals surface area contributed by atoms with Gasteiger partial charge in [-0.05, 0) is 62.2 Å². The lowest BCUT2D eigenvalue weighted by molar-refractivity contribution is -0.128. The normalized spacial score (nSPS) is 41.5. The van der Waals surface area contributed by atoms with Crippen LogP contribution in [0.1, 0.15) is 72.6 Å². The summed E-state index contributed by atoms with van der Waals surface area (Å²) >= 11 is 0. The molecule has 2 rings (SSSR count). The minimum atomic E-state index is -0.755. The van der Waals surface area contributed by atoms with Crippen molar-refractivity contribution >= 4 is 0 Å². The average molecular weight is 263 g/mol. The average Bonchev–Trinajstić information content (AvgIpc) is 2.27. The van der Waals surface area contributed by atoms with E-state index in [0.717, 1.165) is 38.5 Å². The molecule has 0 radical (unpaired) electrons. The van der Waals surface area contributed by atoms with Gasteiger partial charge in [-0.1, -0.05) is 27.7 Å². The Morgan fingerprint density at radius 2 is 1.47 bits per heavy atom. The quantitative estimate of drug-likeness (QED) is 0.767. The van der Waals surface area contributed by atoms with Gasteiger partial charge in [0.25, 0.3) is 0 Å².